The highest BCUT2D eigenvalue weighted by Gasteiger charge is 2.24. The van der Waals surface area contributed by atoms with Crippen LogP contribution >= 0.6 is 11.3 Å². The molecular weight excluding hydrogens is 292 g/mol. The van der Waals surface area contributed by atoms with Crippen molar-refractivity contribution in [3.05, 3.63) is 15.8 Å². The second kappa shape index (κ2) is 7.02. The van der Waals surface area contributed by atoms with Crippen LogP contribution in [0.25, 0.3) is 0 Å². The first kappa shape index (κ1) is 15.9. The number of hydrogen-bond donors (Lipinski definition) is 2. The Morgan fingerprint density at radius 2 is 2.00 bits per heavy atom. The summed E-state index contributed by atoms with van der Waals surface area (Å²) in [7, 11) is -3.36. The molecule has 0 radical (unpaired) electrons. The summed E-state index contributed by atoms with van der Waals surface area (Å²) in [5.74, 6) is 0. The first-order valence-electron chi connectivity index (χ1n) is 7.35. The van der Waals surface area contributed by atoms with E-state index < -0.39 is 10.0 Å². The topological polar surface area (TPSA) is 58.2 Å². The number of thiophene rings is 1. The van der Waals surface area contributed by atoms with E-state index in [1.54, 1.807) is 11.3 Å². The fourth-order valence-corrected chi connectivity index (χ4v) is 5.54. The van der Waals surface area contributed by atoms with E-state index >= 15 is 0 Å². The van der Waals surface area contributed by atoms with Crippen molar-refractivity contribution in [2.45, 2.75) is 63.4 Å². The molecule has 0 aromatic carbocycles. The SMILES string of the molecule is CCNCc1cc(S(=O)(=O)NC2CCCCC2)c(C)s1. The third-order valence-corrected chi connectivity index (χ3v) is 6.52. The largest absolute Gasteiger partial charge is 0.312 e. The van der Waals surface area contributed by atoms with Crippen molar-refractivity contribution in [1.29, 1.82) is 0 Å². The molecule has 0 saturated heterocycles. The highest BCUT2D eigenvalue weighted by Crippen LogP contribution is 2.27. The molecule has 0 spiro atoms. The molecule has 0 bridgehead atoms. The van der Waals surface area contributed by atoms with Crippen LogP contribution in [0.15, 0.2) is 11.0 Å². The third-order valence-electron chi connectivity index (χ3n) is 3.69. The van der Waals surface area contributed by atoms with E-state index in [0.29, 0.717) is 4.90 Å². The average molecular weight is 316 g/mol. The Hall–Kier alpha value is -0.430. The summed E-state index contributed by atoms with van der Waals surface area (Å²) >= 11 is 1.56. The predicted octanol–water partition coefficient (Wildman–Crippen LogP) is 2.78. The van der Waals surface area contributed by atoms with E-state index in [4.69, 9.17) is 0 Å². The Labute approximate surface area is 126 Å². The number of sulfonamides is 1. The molecule has 1 aliphatic rings. The molecule has 2 N–H and O–H groups in total. The zero-order valence-corrected chi connectivity index (χ0v) is 13.9. The quantitative estimate of drug-likeness (QED) is 0.848. The lowest BCUT2D eigenvalue weighted by molar-refractivity contribution is 0.412. The number of nitrogens with one attached hydrogen (secondary N) is 2. The summed E-state index contributed by atoms with van der Waals surface area (Å²) in [5, 5.41) is 3.23. The van der Waals surface area contributed by atoms with Crippen LogP contribution in [-0.4, -0.2) is 21.0 Å². The lowest BCUT2D eigenvalue weighted by Gasteiger charge is -2.22. The molecule has 6 heteroatoms. The highest BCUT2D eigenvalue weighted by molar-refractivity contribution is 7.89. The van der Waals surface area contributed by atoms with Crippen LogP contribution in [-0.2, 0) is 16.6 Å². The summed E-state index contributed by atoms with van der Waals surface area (Å²) in [4.78, 5) is 2.41. The van der Waals surface area contributed by atoms with Gasteiger partial charge in [0.2, 0.25) is 10.0 Å². The maximum atomic E-state index is 12.5. The fraction of sp³-hybridized carbons (Fsp3) is 0.714. The van der Waals surface area contributed by atoms with Crippen LogP contribution in [0.3, 0.4) is 0 Å². The molecule has 0 unspecified atom stereocenters. The zero-order chi connectivity index (χ0) is 14.6. The van der Waals surface area contributed by atoms with E-state index in [1.807, 2.05) is 19.9 Å². The minimum atomic E-state index is -3.36. The van der Waals surface area contributed by atoms with Crippen molar-refractivity contribution in [1.82, 2.24) is 10.0 Å². The normalized spacial score (nSPS) is 17.5. The van der Waals surface area contributed by atoms with E-state index in [-0.39, 0.29) is 6.04 Å². The fourth-order valence-electron chi connectivity index (χ4n) is 2.63. The smallest absolute Gasteiger partial charge is 0.241 e. The van der Waals surface area contributed by atoms with Crippen LogP contribution in [0.1, 0.15) is 48.8 Å². The van der Waals surface area contributed by atoms with Crippen molar-refractivity contribution in [2.24, 2.45) is 0 Å². The first-order valence-corrected chi connectivity index (χ1v) is 9.65. The molecule has 20 heavy (non-hydrogen) atoms. The molecule has 1 heterocycles. The van der Waals surface area contributed by atoms with Crippen LogP contribution in [0.4, 0.5) is 0 Å². The summed E-state index contributed by atoms with van der Waals surface area (Å²) in [6.07, 6.45) is 5.41. The maximum absolute atomic E-state index is 12.5. The van der Waals surface area contributed by atoms with Gasteiger partial charge in [0.05, 0.1) is 4.90 Å². The first-order chi connectivity index (χ1) is 9.53. The number of hydrogen-bond acceptors (Lipinski definition) is 4. The van der Waals surface area contributed by atoms with Gasteiger partial charge in [0.25, 0.3) is 0 Å². The summed E-state index contributed by atoms with van der Waals surface area (Å²) in [6, 6.07) is 1.93. The van der Waals surface area contributed by atoms with Gasteiger partial charge < -0.3 is 5.32 Å². The van der Waals surface area contributed by atoms with Crippen molar-refractivity contribution >= 4 is 21.4 Å². The summed E-state index contributed by atoms with van der Waals surface area (Å²) in [6.45, 7) is 5.55. The van der Waals surface area contributed by atoms with Gasteiger partial charge in [-0.2, -0.15) is 0 Å². The number of rotatable bonds is 6. The maximum Gasteiger partial charge on any atom is 0.241 e. The highest BCUT2D eigenvalue weighted by atomic mass is 32.2. The summed E-state index contributed by atoms with van der Waals surface area (Å²) in [5.41, 5.74) is 0. The molecule has 114 valence electrons. The molecule has 0 atom stereocenters. The Bertz CT molecular complexity index is 531. The van der Waals surface area contributed by atoms with E-state index in [0.717, 1.165) is 48.5 Å². The monoisotopic (exact) mass is 316 g/mol. The van der Waals surface area contributed by atoms with Gasteiger partial charge in [-0.3, -0.25) is 0 Å². The summed E-state index contributed by atoms with van der Waals surface area (Å²) < 4.78 is 27.8. The molecule has 1 fully saturated rings. The van der Waals surface area contributed by atoms with Crippen molar-refractivity contribution in [3.8, 4) is 0 Å². The molecule has 4 nitrogen and oxygen atoms in total. The van der Waals surface area contributed by atoms with Crippen molar-refractivity contribution < 1.29 is 8.42 Å². The van der Waals surface area contributed by atoms with Gasteiger partial charge in [-0.1, -0.05) is 26.2 Å². The minimum Gasteiger partial charge on any atom is -0.312 e. The molecule has 1 aromatic rings. The molecule has 1 aromatic heterocycles. The van der Waals surface area contributed by atoms with Gasteiger partial charge in [0.1, 0.15) is 0 Å². The molecule has 0 aliphatic heterocycles. The van der Waals surface area contributed by atoms with Gasteiger partial charge in [0.15, 0.2) is 0 Å². The standard InChI is InChI=1S/C14H24N2O2S2/c1-3-15-10-13-9-14(11(2)19-13)20(17,18)16-12-7-5-4-6-8-12/h9,12,15-16H,3-8,10H2,1-2H3. The second-order valence-corrected chi connectivity index (χ2v) is 8.39. The van der Waals surface area contributed by atoms with Gasteiger partial charge in [-0.25, -0.2) is 13.1 Å². The van der Waals surface area contributed by atoms with Crippen molar-refractivity contribution in [2.75, 3.05) is 6.54 Å². The Morgan fingerprint density at radius 3 is 2.65 bits per heavy atom. The zero-order valence-electron chi connectivity index (χ0n) is 12.2. The predicted molar refractivity (Wildman–Crippen MR) is 83.6 cm³/mol. The lowest BCUT2D eigenvalue weighted by atomic mass is 9.96. The molecule has 1 aliphatic carbocycles. The van der Waals surface area contributed by atoms with Gasteiger partial charge in [-0.05, 0) is 32.4 Å². The Kier molecular flexibility index (Phi) is 5.60. The van der Waals surface area contributed by atoms with E-state index in [9.17, 15) is 8.42 Å². The third kappa shape index (κ3) is 4.04. The van der Waals surface area contributed by atoms with Crippen molar-refractivity contribution in [3.63, 3.8) is 0 Å². The molecule has 1 saturated carbocycles. The van der Waals surface area contributed by atoms with Gasteiger partial charge >= 0.3 is 0 Å². The average Bonchev–Trinajstić information content (AvgIpc) is 2.79. The van der Waals surface area contributed by atoms with Crippen LogP contribution in [0.5, 0.6) is 0 Å². The van der Waals surface area contributed by atoms with E-state index in [2.05, 4.69) is 10.0 Å². The molecule has 0 amide bonds. The Morgan fingerprint density at radius 1 is 1.30 bits per heavy atom. The molecule has 2 rings (SSSR count). The second-order valence-electron chi connectivity index (χ2n) is 5.37. The lowest BCUT2D eigenvalue weighted by Crippen LogP contribution is -2.36. The van der Waals surface area contributed by atoms with Gasteiger partial charge in [-0.15, -0.1) is 11.3 Å². The van der Waals surface area contributed by atoms with Crippen LogP contribution < -0.4 is 10.0 Å². The van der Waals surface area contributed by atoms with Crippen LogP contribution in [0.2, 0.25) is 0 Å². The van der Waals surface area contributed by atoms with E-state index in [1.165, 1.54) is 6.42 Å². The Balaban J connectivity index is 2.09. The van der Waals surface area contributed by atoms with Crippen LogP contribution in [0, 0.1) is 6.92 Å². The minimum absolute atomic E-state index is 0.116. The molecular formula is C14H24N2O2S2. The van der Waals surface area contributed by atoms with Gasteiger partial charge in [0, 0.05) is 22.3 Å². The number of aryl methyl sites for hydroxylation is 1.